The van der Waals surface area contributed by atoms with Crippen LogP contribution in [-0.2, 0) is 9.47 Å². The molecule has 1 aliphatic rings. The molecule has 1 unspecified atom stereocenters. The molecule has 2 heterocycles. The number of benzene rings is 2. The minimum absolute atomic E-state index is 0.126. The fraction of sp³-hybridized carbons (Fsp3) is 0.280. The topological polar surface area (TPSA) is 99.5 Å². The minimum Gasteiger partial charge on any atom is -0.454 e. The third-order valence-electron chi connectivity index (χ3n) is 5.74. The molecule has 33 heavy (non-hydrogen) atoms. The van der Waals surface area contributed by atoms with Crippen LogP contribution in [0.2, 0.25) is 0 Å². The number of aromatic nitrogens is 2. The summed E-state index contributed by atoms with van der Waals surface area (Å²) in [5, 5.41) is 2.62. The van der Waals surface area contributed by atoms with Crippen LogP contribution >= 0.6 is 0 Å². The molecule has 0 bridgehead atoms. The van der Waals surface area contributed by atoms with Gasteiger partial charge in [-0.15, -0.1) is 0 Å². The predicted molar refractivity (Wildman–Crippen MR) is 122 cm³/mol. The third-order valence-corrected chi connectivity index (χ3v) is 5.74. The van der Waals surface area contributed by atoms with Gasteiger partial charge >= 0.3 is 11.7 Å². The van der Waals surface area contributed by atoms with E-state index in [1.807, 2.05) is 26.0 Å². The third kappa shape index (κ3) is 4.85. The molecule has 0 spiro atoms. The molecule has 0 aliphatic carbocycles. The van der Waals surface area contributed by atoms with E-state index >= 15 is 0 Å². The van der Waals surface area contributed by atoms with Gasteiger partial charge in [0, 0.05) is 17.7 Å². The van der Waals surface area contributed by atoms with Gasteiger partial charge in [-0.1, -0.05) is 50.2 Å². The van der Waals surface area contributed by atoms with E-state index in [4.69, 9.17) is 9.47 Å². The number of hydrogen-bond acceptors (Lipinski definition) is 6. The lowest BCUT2D eigenvalue weighted by Gasteiger charge is -2.23. The fourth-order valence-corrected chi connectivity index (χ4v) is 3.93. The van der Waals surface area contributed by atoms with E-state index < -0.39 is 24.0 Å². The highest BCUT2D eigenvalue weighted by Crippen LogP contribution is 2.37. The van der Waals surface area contributed by atoms with Crippen molar-refractivity contribution < 1.29 is 19.1 Å². The summed E-state index contributed by atoms with van der Waals surface area (Å²) in [6, 6.07) is 18.8. The first-order valence-electron chi connectivity index (χ1n) is 10.8. The van der Waals surface area contributed by atoms with E-state index in [1.54, 1.807) is 48.5 Å². The summed E-state index contributed by atoms with van der Waals surface area (Å²) >= 11 is 0. The number of carbonyl (C=O) groups excluding carboxylic acids is 2. The molecule has 0 radical (unpaired) electrons. The SMILES string of the molecule is CC[C@H]1OC(n2ccc(NC(=O)c3ccccc3)nc2=O)[C@H](OC(=O)c2ccccc2)[C@H]1C. The van der Waals surface area contributed by atoms with Gasteiger partial charge in [0.2, 0.25) is 0 Å². The van der Waals surface area contributed by atoms with Crippen molar-refractivity contribution in [2.75, 3.05) is 5.32 Å². The number of ether oxygens (including phenoxy) is 2. The lowest BCUT2D eigenvalue weighted by molar-refractivity contribution is -0.0509. The number of nitrogens with zero attached hydrogens (tertiary/aromatic N) is 2. The quantitative estimate of drug-likeness (QED) is 0.579. The van der Waals surface area contributed by atoms with Gasteiger partial charge in [0.1, 0.15) is 5.82 Å². The van der Waals surface area contributed by atoms with Gasteiger partial charge < -0.3 is 14.8 Å². The first-order valence-corrected chi connectivity index (χ1v) is 10.8. The van der Waals surface area contributed by atoms with Crippen molar-refractivity contribution in [2.24, 2.45) is 5.92 Å². The zero-order valence-corrected chi connectivity index (χ0v) is 18.4. The average molecular weight is 447 g/mol. The van der Waals surface area contributed by atoms with Gasteiger partial charge in [0.15, 0.2) is 12.3 Å². The normalized spacial score (nSPS) is 22.0. The van der Waals surface area contributed by atoms with Crippen molar-refractivity contribution in [2.45, 2.75) is 38.7 Å². The van der Waals surface area contributed by atoms with Crippen LogP contribution in [0.25, 0.3) is 0 Å². The summed E-state index contributed by atoms with van der Waals surface area (Å²) < 4.78 is 13.2. The van der Waals surface area contributed by atoms with Crippen LogP contribution in [-0.4, -0.2) is 33.6 Å². The van der Waals surface area contributed by atoms with Crippen LogP contribution in [0.1, 0.15) is 47.2 Å². The predicted octanol–water partition coefficient (Wildman–Crippen LogP) is 3.66. The van der Waals surface area contributed by atoms with Crippen molar-refractivity contribution in [3.63, 3.8) is 0 Å². The highest BCUT2D eigenvalue weighted by Gasteiger charge is 2.45. The summed E-state index contributed by atoms with van der Waals surface area (Å²) in [4.78, 5) is 41.9. The van der Waals surface area contributed by atoms with Crippen LogP contribution in [0, 0.1) is 5.92 Å². The van der Waals surface area contributed by atoms with E-state index in [0.29, 0.717) is 17.5 Å². The number of amides is 1. The van der Waals surface area contributed by atoms with Gasteiger partial charge in [0.05, 0.1) is 11.7 Å². The smallest absolute Gasteiger partial charge is 0.351 e. The van der Waals surface area contributed by atoms with Crippen LogP contribution in [0.3, 0.4) is 0 Å². The minimum atomic E-state index is -0.823. The Morgan fingerprint density at radius 3 is 2.27 bits per heavy atom. The first kappa shape index (κ1) is 22.4. The van der Waals surface area contributed by atoms with E-state index in [1.165, 1.54) is 16.8 Å². The molecular weight excluding hydrogens is 422 g/mol. The monoisotopic (exact) mass is 447 g/mol. The van der Waals surface area contributed by atoms with E-state index in [-0.39, 0.29) is 23.7 Å². The summed E-state index contributed by atoms with van der Waals surface area (Å²) in [7, 11) is 0. The molecule has 1 aliphatic heterocycles. The van der Waals surface area contributed by atoms with Crippen LogP contribution in [0.5, 0.6) is 0 Å². The lowest BCUT2D eigenvalue weighted by Crippen LogP contribution is -2.36. The maximum atomic E-state index is 12.8. The fourth-order valence-electron chi connectivity index (χ4n) is 3.93. The van der Waals surface area contributed by atoms with Crippen LogP contribution < -0.4 is 11.0 Å². The summed E-state index contributed by atoms with van der Waals surface area (Å²) in [6.07, 6.45) is 0.510. The summed E-state index contributed by atoms with van der Waals surface area (Å²) in [6.45, 7) is 3.91. The molecule has 3 aromatic rings. The Labute approximate surface area is 191 Å². The van der Waals surface area contributed by atoms with Crippen LogP contribution in [0.4, 0.5) is 5.82 Å². The molecule has 1 amide bonds. The van der Waals surface area contributed by atoms with Crippen molar-refractivity contribution in [1.29, 1.82) is 0 Å². The largest absolute Gasteiger partial charge is 0.454 e. The van der Waals surface area contributed by atoms with Crippen molar-refractivity contribution in [1.82, 2.24) is 9.55 Å². The molecule has 1 N–H and O–H groups in total. The number of hydrogen-bond donors (Lipinski definition) is 1. The molecule has 1 fully saturated rings. The second-order valence-electron chi connectivity index (χ2n) is 7.89. The van der Waals surface area contributed by atoms with E-state index in [9.17, 15) is 14.4 Å². The maximum Gasteiger partial charge on any atom is 0.351 e. The highest BCUT2D eigenvalue weighted by atomic mass is 16.6. The number of nitrogens with one attached hydrogen (secondary N) is 1. The zero-order chi connectivity index (χ0) is 23.4. The van der Waals surface area contributed by atoms with Crippen molar-refractivity contribution >= 4 is 17.7 Å². The number of rotatable bonds is 6. The Morgan fingerprint density at radius 2 is 1.67 bits per heavy atom. The maximum absolute atomic E-state index is 12.8. The zero-order valence-electron chi connectivity index (χ0n) is 18.4. The number of esters is 1. The Hall–Kier alpha value is -3.78. The van der Waals surface area contributed by atoms with Crippen LogP contribution in [0.15, 0.2) is 77.7 Å². The van der Waals surface area contributed by atoms with E-state index in [0.717, 1.165) is 0 Å². The Balaban J connectivity index is 1.56. The molecule has 4 atom stereocenters. The number of carbonyl (C=O) groups is 2. The van der Waals surface area contributed by atoms with Crippen molar-refractivity contribution in [3.05, 3.63) is 94.5 Å². The Bertz CT molecular complexity index is 1180. The van der Waals surface area contributed by atoms with Gasteiger partial charge in [-0.3, -0.25) is 9.36 Å². The van der Waals surface area contributed by atoms with Gasteiger partial charge in [-0.2, -0.15) is 4.98 Å². The molecule has 1 aromatic heterocycles. The molecule has 170 valence electrons. The molecule has 8 nitrogen and oxygen atoms in total. The molecule has 8 heteroatoms. The second kappa shape index (κ2) is 9.79. The Morgan fingerprint density at radius 1 is 1.03 bits per heavy atom. The Kier molecular flexibility index (Phi) is 6.65. The average Bonchev–Trinajstić information content (AvgIpc) is 3.15. The van der Waals surface area contributed by atoms with Gasteiger partial charge in [0.25, 0.3) is 5.91 Å². The molecular formula is C25H25N3O5. The van der Waals surface area contributed by atoms with Gasteiger partial charge in [-0.05, 0) is 36.8 Å². The summed E-state index contributed by atoms with van der Waals surface area (Å²) in [5.74, 6) is -0.852. The highest BCUT2D eigenvalue weighted by molar-refractivity contribution is 6.03. The van der Waals surface area contributed by atoms with Crippen molar-refractivity contribution in [3.8, 4) is 0 Å². The van der Waals surface area contributed by atoms with E-state index in [2.05, 4.69) is 10.3 Å². The second-order valence-corrected chi connectivity index (χ2v) is 7.89. The van der Waals surface area contributed by atoms with Gasteiger partial charge in [-0.25, -0.2) is 9.59 Å². The molecule has 2 aromatic carbocycles. The summed E-state index contributed by atoms with van der Waals surface area (Å²) in [5.41, 5.74) is 0.263. The molecule has 1 saturated heterocycles. The standard InChI is InChI=1S/C25H25N3O5/c1-3-19-16(2)21(33-24(30)18-12-8-5-9-13-18)23(32-19)28-15-14-20(27-25(28)31)26-22(29)17-10-6-4-7-11-17/h4-16,19,21,23H,3H2,1-2H3,(H,26,27,29,31)/t16-,19+,21+,23?/m0/s1. The molecule has 0 saturated carbocycles. The number of anilines is 1. The molecule has 4 rings (SSSR count). The first-order chi connectivity index (χ1) is 16.0. The lowest BCUT2D eigenvalue weighted by atomic mass is 9.98.